The largest absolute Gasteiger partial charge is 0.508 e. The molecule has 5 atom stereocenters. The Hall–Kier alpha value is -12.2. The molecule has 476 valence electrons. The number of aromatic hydroxyl groups is 14. The first-order valence-electron chi connectivity index (χ1n) is 30.5. The highest BCUT2D eigenvalue weighted by molar-refractivity contribution is 6.08. The molecule has 0 amide bonds. The summed E-state index contributed by atoms with van der Waals surface area (Å²) < 4.78 is 0. The third-order valence-electron chi connectivity index (χ3n) is 17.7. The molecule has 15 nitrogen and oxygen atoms in total. The molecule has 0 saturated carbocycles. The first-order chi connectivity index (χ1) is 45.4. The molecule has 0 heterocycles. The second kappa shape index (κ2) is 25.5. The topological polar surface area (TPSA) is 300 Å². The van der Waals surface area contributed by atoms with Crippen LogP contribution in [-0.2, 0) is 6.42 Å². The molecular formula is C80H66O15. The van der Waals surface area contributed by atoms with Gasteiger partial charge in [-0.05, 0) is 196 Å². The van der Waals surface area contributed by atoms with Crippen LogP contribution in [0.1, 0.15) is 129 Å². The molecule has 0 aliphatic heterocycles. The number of phenolic OH excluding ortho intramolecular Hbond substituents is 14. The molecule has 0 radical (unpaired) electrons. The fraction of sp³-hybridized carbons (Fsp3) is 0.113. The van der Waals surface area contributed by atoms with Crippen LogP contribution < -0.4 is 0 Å². The lowest BCUT2D eigenvalue weighted by Gasteiger charge is -2.24. The van der Waals surface area contributed by atoms with Crippen molar-refractivity contribution in [2.45, 2.75) is 56.8 Å². The van der Waals surface area contributed by atoms with Gasteiger partial charge in [0.1, 0.15) is 80.5 Å². The molecule has 0 saturated heterocycles. The van der Waals surface area contributed by atoms with E-state index in [0.717, 1.165) is 61.2 Å². The summed E-state index contributed by atoms with van der Waals surface area (Å²) in [4.78, 5) is 13.2. The number of allylic oxidation sites excluding steroid dienone is 3. The first kappa shape index (κ1) is 62.9. The predicted octanol–water partition coefficient (Wildman–Crippen LogP) is 15.7. The summed E-state index contributed by atoms with van der Waals surface area (Å²) in [6.45, 7) is 5.85. The Morgan fingerprint density at radius 3 is 1.22 bits per heavy atom. The minimum atomic E-state index is -0.664. The molecule has 14 rings (SSSR count). The number of fused-ring (bicyclic) bond motifs is 3. The Morgan fingerprint density at radius 2 is 0.716 bits per heavy atom. The normalized spacial score (nSPS) is 17.1. The van der Waals surface area contributed by atoms with E-state index in [-0.39, 0.29) is 91.8 Å². The van der Waals surface area contributed by atoms with Crippen molar-refractivity contribution in [1.82, 2.24) is 0 Å². The van der Waals surface area contributed by atoms with Gasteiger partial charge in [0.05, 0.1) is 5.92 Å². The van der Waals surface area contributed by atoms with E-state index in [9.17, 15) is 76.3 Å². The van der Waals surface area contributed by atoms with Gasteiger partial charge in [-0.1, -0.05) is 108 Å². The number of hydrogen-bond donors (Lipinski definition) is 14. The molecule has 15 heteroatoms. The van der Waals surface area contributed by atoms with Gasteiger partial charge in [0.15, 0.2) is 5.78 Å². The SMILES string of the molecule is Cc1cc(O)cc([C@@H]2C(=O)c3cc(O)cc(O)c3[C@H]2c2ccc(O)cc2)c1.Cc1ccc(/C=C2/c3cc(O)cc(O)c3[C@@H](c3ccc(O)cc3)[C@@H]2c2cc(O)cc(O)c2)cc1.Cc1ccc(C2=C(Cc3ccc(O)cc3)c3cc(O)cc(O)c3[C@@H]2c2cc(O)cc(O)c2)cc1. The van der Waals surface area contributed by atoms with Gasteiger partial charge in [-0.3, -0.25) is 4.79 Å². The quantitative estimate of drug-likeness (QED) is 0.0639. The zero-order valence-corrected chi connectivity index (χ0v) is 51.5. The van der Waals surface area contributed by atoms with Crippen LogP contribution in [0, 0.1) is 20.8 Å². The monoisotopic (exact) mass is 1270 g/mol. The summed E-state index contributed by atoms with van der Waals surface area (Å²) in [6, 6.07) is 58.6. The van der Waals surface area contributed by atoms with Gasteiger partial charge < -0.3 is 71.5 Å². The van der Waals surface area contributed by atoms with E-state index in [2.05, 4.69) is 0 Å². The maximum absolute atomic E-state index is 13.2. The number of hydrogen-bond acceptors (Lipinski definition) is 15. The second-order valence-corrected chi connectivity index (χ2v) is 24.4. The summed E-state index contributed by atoms with van der Waals surface area (Å²) in [6.07, 6.45) is 2.49. The lowest BCUT2D eigenvalue weighted by Crippen LogP contribution is -2.13. The molecule has 0 bridgehead atoms. The summed E-state index contributed by atoms with van der Waals surface area (Å²) in [5.41, 5.74) is 15.3. The minimum absolute atomic E-state index is 0.0465. The number of phenols is 14. The molecule has 0 aromatic heterocycles. The average molecular weight is 1270 g/mol. The van der Waals surface area contributed by atoms with Crippen LogP contribution in [0.5, 0.6) is 80.5 Å². The van der Waals surface area contributed by atoms with Crippen LogP contribution in [0.3, 0.4) is 0 Å². The maximum atomic E-state index is 13.2. The van der Waals surface area contributed by atoms with Gasteiger partial charge in [0.2, 0.25) is 0 Å². The smallest absolute Gasteiger partial charge is 0.171 e. The highest BCUT2D eigenvalue weighted by Crippen LogP contribution is 2.60. The highest BCUT2D eigenvalue weighted by atomic mass is 16.3. The Labute approximate surface area is 546 Å². The van der Waals surface area contributed by atoms with Gasteiger partial charge in [-0.2, -0.15) is 0 Å². The average Bonchev–Trinajstić information content (AvgIpc) is 1.60. The van der Waals surface area contributed by atoms with E-state index in [1.54, 1.807) is 97.1 Å². The Kier molecular flexibility index (Phi) is 16.9. The van der Waals surface area contributed by atoms with Crippen molar-refractivity contribution in [2.24, 2.45) is 0 Å². The molecule has 3 aliphatic carbocycles. The number of rotatable bonds is 9. The Balaban J connectivity index is 0.000000138. The molecule has 11 aromatic carbocycles. The number of benzene rings is 11. The number of aryl methyl sites for hydroxylation is 3. The third kappa shape index (κ3) is 12.8. The van der Waals surface area contributed by atoms with E-state index in [4.69, 9.17) is 0 Å². The van der Waals surface area contributed by atoms with Crippen LogP contribution in [0.15, 0.2) is 212 Å². The molecule has 0 fully saturated rings. The first-order valence-corrected chi connectivity index (χ1v) is 30.5. The Morgan fingerprint density at radius 1 is 0.316 bits per heavy atom. The van der Waals surface area contributed by atoms with Gasteiger partial charge >= 0.3 is 0 Å². The lowest BCUT2D eigenvalue weighted by atomic mass is 9.79. The second-order valence-electron chi connectivity index (χ2n) is 24.4. The molecule has 14 N–H and O–H groups in total. The molecule has 11 aromatic rings. The molecule has 3 aliphatic rings. The fourth-order valence-corrected chi connectivity index (χ4v) is 13.8. The van der Waals surface area contributed by atoms with Crippen molar-refractivity contribution in [3.8, 4) is 80.5 Å². The molecule has 0 spiro atoms. The van der Waals surface area contributed by atoms with E-state index in [1.165, 1.54) is 48.5 Å². The number of Topliss-reactive ketones (excluding diaryl/α,β-unsaturated/α-hetero) is 1. The van der Waals surface area contributed by atoms with Gasteiger partial charge in [0.25, 0.3) is 0 Å². The minimum Gasteiger partial charge on any atom is -0.508 e. The molecule has 0 unspecified atom stereocenters. The van der Waals surface area contributed by atoms with Crippen molar-refractivity contribution in [3.05, 3.63) is 307 Å². The van der Waals surface area contributed by atoms with Crippen molar-refractivity contribution in [1.29, 1.82) is 0 Å². The summed E-state index contributed by atoms with van der Waals surface area (Å²) in [7, 11) is 0. The molecule has 95 heavy (non-hydrogen) atoms. The van der Waals surface area contributed by atoms with Crippen molar-refractivity contribution >= 4 is 28.6 Å². The Bertz CT molecular complexity index is 4780. The van der Waals surface area contributed by atoms with Gasteiger partial charge in [-0.15, -0.1) is 0 Å². The number of carbonyl (C=O) groups is 1. The summed E-state index contributed by atoms with van der Waals surface area (Å²) in [5, 5.41) is 143. The zero-order valence-electron chi connectivity index (χ0n) is 51.5. The standard InChI is InChI=1S/2C29H24O5.C22H18O5/c1-16-2-6-18(7-3-16)27-24(10-17-4-8-20(30)9-5-17)25-14-23(33)15-26(34)29(25)28(27)19-11-21(31)13-22(32)12-19;1-16-2-4-17(5-3-16)10-24-25-14-23(33)15-26(34)29(25)28(18-6-8-20(30)9-7-18)27(24)19-11-21(31)13-22(32)12-19;1-11-6-13(8-15(24)7-11)20-19(12-2-4-14(23)5-3-12)21-17(22(20)27)9-16(25)10-18(21)26/h2-9,11-15,28,30-34H,10H2,1H3;2-15,27-28,30-34H,1H3;2-10,19-20,23-26H,1H3/b;24-10-;/t28-;27-,28+;19-,20-/m110/s1. The van der Waals surface area contributed by atoms with Crippen LogP contribution in [0.25, 0.3) is 22.8 Å². The van der Waals surface area contributed by atoms with E-state index in [1.807, 2.05) is 93.6 Å². The van der Waals surface area contributed by atoms with Crippen LogP contribution in [0.4, 0.5) is 0 Å². The third-order valence-corrected chi connectivity index (χ3v) is 17.7. The summed E-state index contributed by atoms with van der Waals surface area (Å²) in [5.74, 6) is -3.09. The predicted molar refractivity (Wildman–Crippen MR) is 362 cm³/mol. The zero-order chi connectivity index (χ0) is 67.3. The lowest BCUT2D eigenvalue weighted by molar-refractivity contribution is 0.0967. The maximum Gasteiger partial charge on any atom is 0.171 e. The van der Waals surface area contributed by atoms with Crippen molar-refractivity contribution in [3.63, 3.8) is 0 Å². The summed E-state index contributed by atoms with van der Waals surface area (Å²) >= 11 is 0. The van der Waals surface area contributed by atoms with Crippen LogP contribution >= 0.6 is 0 Å². The van der Waals surface area contributed by atoms with Crippen molar-refractivity contribution in [2.75, 3.05) is 0 Å². The van der Waals surface area contributed by atoms with Gasteiger partial charge in [0, 0.05) is 76.3 Å². The van der Waals surface area contributed by atoms with E-state index in [0.29, 0.717) is 50.9 Å². The highest BCUT2D eigenvalue weighted by Gasteiger charge is 2.45. The fourth-order valence-electron chi connectivity index (χ4n) is 13.8. The van der Waals surface area contributed by atoms with Gasteiger partial charge in [-0.25, -0.2) is 0 Å². The molecular weight excluding hydrogens is 1200 g/mol. The van der Waals surface area contributed by atoms with Crippen LogP contribution in [-0.4, -0.2) is 77.3 Å². The van der Waals surface area contributed by atoms with Crippen LogP contribution in [0.2, 0.25) is 0 Å². The van der Waals surface area contributed by atoms with Crippen molar-refractivity contribution < 1.29 is 76.3 Å². The van der Waals surface area contributed by atoms with E-state index >= 15 is 0 Å². The number of carbonyl (C=O) groups excluding carboxylic acids is 1. The van der Waals surface area contributed by atoms with E-state index < -0.39 is 29.6 Å². The number of ketones is 1.